The van der Waals surface area contributed by atoms with Crippen LogP contribution in [0.2, 0.25) is 0 Å². The first kappa shape index (κ1) is 18.6. The minimum atomic E-state index is -4.47. The van der Waals surface area contributed by atoms with Crippen molar-refractivity contribution < 1.29 is 27.1 Å². The van der Waals surface area contributed by atoms with Gasteiger partial charge in [-0.3, -0.25) is 0 Å². The van der Waals surface area contributed by atoms with Gasteiger partial charge >= 0.3 is 12.1 Å². The number of alkyl halides is 3. The summed E-state index contributed by atoms with van der Waals surface area (Å²) in [4.78, 5) is 16.0. The number of rotatable bonds is 4. The van der Waals surface area contributed by atoms with Gasteiger partial charge in [0.05, 0.1) is 17.9 Å². The standard InChI is InChI=1S/C18H13F4N3O2/c1-2-27-17(26)15-23-16(11-3-5-12(6-4-11)18(20,21)22)25(24-15)14-9-7-13(19)8-10-14/h3-10H,2H2,1H3. The van der Waals surface area contributed by atoms with E-state index in [1.165, 1.54) is 41.1 Å². The number of hydrogen-bond acceptors (Lipinski definition) is 4. The number of nitrogens with zero attached hydrogens (tertiary/aromatic N) is 3. The summed E-state index contributed by atoms with van der Waals surface area (Å²) in [7, 11) is 0. The van der Waals surface area contributed by atoms with Gasteiger partial charge in [-0.1, -0.05) is 12.1 Å². The zero-order chi connectivity index (χ0) is 19.6. The Balaban J connectivity index is 2.09. The Labute approximate surface area is 151 Å². The number of carbonyl (C=O) groups is 1. The number of carbonyl (C=O) groups excluding carboxylic acids is 1. The predicted molar refractivity (Wildman–Crippen MR) is 87.7 cm³/mol. The lowest BCUT2D eigenvalue weighted by Gasteiger charge is -2.08. The summed E-state index contributed by atoms with van der Waals surface area (Å²) < 4.78 is 57.6. The molecule has 0 aliphatic carbocycles. The second kappa shape index (κ2) is 7.18. The summed E-state index contributed by atoms with van der Waals surface area (Å²) >= 11 is 0. The molecule has 3 rings (SSSR count). The number of ether oxygens (including phenoxy) is 1. The van der Waals surface area contributed by atoms with Crippen LogP contribution in [0.3, 0.4) is 0 Å². The van der Waals surface area contributed by atoms with Crippen LogP contribution in [0.25, 0.3) is 17.1 Å². The van der Waals surface area contributed by atoms with Gasteiger partial charge in [0, 0.05) is 5.56 Å². The second-order valence-electron chi connectivity index (χ2n) is 5.44. The fourth-order valence-electron chi connectivity index (χ4n) is 2.35. The maximum atomic E-state index is 13.2. The van der Waals surface area contributed by atoms with Crippen molar-refractivity contribution in [1.82, 2.24) is 14.8 Å². The van der Waals surface area contributed by atoms with Crippen molar-refractivity contribution in [2.24, 2.45) is 0 Å². The fraction of sp³-hybridized carbons (Fsp3) is 0.167. The van der Waals surface area contributed by atoms with E-state index in [9.17, 15) is 22.4 Å². The Morgan fingerprint density at radius 2 is 1.70 bits per heavy atom. The number of aromatic nitrogens is 3. The molecule has 140 valence electrons. The van der Waals surface area contributed by atoms with Crippen molar-refractivity contribution in [3.05, 3.63) is 65.7 Å². The minimum Gasteiger partial charge on any atom is -0.460 e. The van der Waals surface area contributed by atoms with E-state index in [0.29, 0.717) is 11.3 Å². The average molecular weight is 379 g/mol. The lowest BCUT2D eigenvalue weighted by atomic mass is 10.1. The molecule has 0 fully saturated rings. The van der Waals surface area contributed by atoms with E-state index in [1.807, 2.05) is 0 Å². The highest BCUT2D eigenvalue weighted by atomic mass is 19.4. The maximum Gasteiger partial charge on any atom is 0.416 e. The van der Waals surface area contributed by atoms with Crippen LogP contribution in [0, 0.1) is 5.82 Å². The molecular formula is C18H13F4N3O2. The average Bonchev–Trinajstić information content (AvgIpc) is 3.07. The summed E-state index contributed by atoms with van der Waals surface area (Å²) in [6, 6.07) is 9.46. The molecular weight excluding hydrogens is 366 g/mol. The Bertz CT molecular complexity index is 948. The summed E-state index contributed by atoms with van der Waals surface area (Å²) in [5.74, 6) is -1.37. The molecule has 0 atom stereocenters. The molecule has 0 saturated carbocycles. The highest BCUT2D eigenvalue weighted by Gasteiger charge is 2.30. The maximum absolute atomic E-state index is 13.2. The van der Waals surface area contributed by atoms with Crippen LogP contribution in [0.4, 0.5) is 17.6 Å². The largest absolute Gasteiger partial charge is 0.460 e. The van der Waals surface area contributed by atoms with E-state index in [0.717, 1.165) is 12.1 Å². The van der Waals surface area contributed by atoms with Gasteiger partial charge in [0.25, 0.3) is 5.82 Å². The topological polar surface area (TPSA) is 57.0 Å². The smallest absolute Gasteiger partial charge is 0.416 e. The molecule has 0 aliphatic heterocycles. The zero-order valence-corrected chi connectivity index (χ0v) is 14.0. The summed E-state index contributed by atoms with van der Waals surface area (Å²) in [5, 5.41) is 4.06. The highest BCUT2D eigenvalue weighted by Crippen LogP contribution is 2.31. The fourth-order valence-corrected chi connectivity index (χ4v) is 2.35. The van der Waals surface area contributed by atoms with E-state index in [1.54, 1.807) is 6.92 Å². The number of esters is 1. The molecule has 0 amide bonds. The van der Waals surface area contributed by atoms with Gasteiger partial charge in [-0.05, 0) is 43.3 Å². The van der Waals surface area contributed by atoms with E-state index in [2.05, 4.69) is 10.1 Å². The van der Waals surface area contributed by atoms with Gasteiger partial charge in [-0.15, -0.1) is 5.10 Å². The van der Waals surface area contributed by atoms with Crippen molar-refractivity contribution in [2.45, 2.75) is 13.1 Å². The van der Waals surface area contributed by atoms with E-state index >= 15 is 0 Å². The van der Waals surface area contributed by atoms with Gasteiger partial charge in [-0.25, -0.2) is 18.9 Å². The van der Waals surface area contributed by atoms with Crippen LogP contribution >= 0.6 is 0 Å². The molecule has 0 spiro atoms. The van der Waals surface area contributed by atoms with Crippen LogP contribution < -0.4 is 0 Å². The van der Waals surface area contributed by atoms with Crippen LogP contribution in [-0.2, 0) is 10.9 Å². The van der Waals surface area contributed by atoms with Crippen molar-refractivity contribution in [3.8, 4) is 17.1 Å². The molecule has 0 unspecified atom stereocenters. The summed E-state index contributed by atoms with van der Waals surface area (Å²) in [5.41, 5.74) is -0.130. The SMILES string of the molecule is CCOC(=O)c1nc(-c2ccc(C(F)(F)F)cc2)n(-c2ccc(F)cc2)n1. The van der Waals surface area contributed by atoms with E-state index < -0.39 is 23.5 Å². The highest BCUT2D eigenvalue weighted by molar-refractivity contribution is 5.86. The van der Waals surface area contributed by atoms with Crippen LogP contribution in [0.15, 0.2) is 48.5 Å². The van der Waals surface area contributed by atoms with Crippen LogP contribution in [-0.4, -0.2) is 27.3 Å². The molecule has 0 bridgehead atoms. The number of hydrogen-bond donors (Lipinski definition) is 0. The van der Waals surface area contributed by atoms with Gasteiger partial charge in [0.2, 0.25) is 0 Å². The van der Waals surface area contributed by atoms with Gasteiger partial charge in [0.1, 0.15) is 5.82 Å². The Kier molecular flexibility index (Phi) is 4.93. The second-order valence-corrected chi connectivity index (χ2v) is 5.44. The number of benzene rings is 2. The molecule has 0 aliphatic rings. The molecule has 1 aromatic heterocycles. The summed E-state index contributed by atoms with van der Waals surface area (Å²) in [6.07, 6.45) is -4.47. The quantitative estimate of drug-likeness (QED) is 0.502. The van der Waals surface area contributed by atoms with E-state index in [4.69, 9.17) is 4.74 Å². The van der Waals surface area contributed by atoms with Gasteiger partial charge in [-0.2, -0.15) is 13.2 Å². The lowest BCUT2D eigenvalue weighted by Crippen LogP contribution is -2.07. The first-order valence-electron chi connectivity index (χ1n) is 7.87. The third kappa shape index (κ3) is 3.97. The molecule has 3 aromatic rings. The minimum absolute atomic E-state index is 0.111. The lowest BCUT2D eigenvalue weighted by molar-refractivity contribution is -0.137. The predicted octanol–water partition coefficient (Wildman–Crippen LogP) is 4.27. The first-order valence-corrected chi connectivity index (χ1v) is 7.87. The van der Waals surface area contributed by atoms with E-state index in [-0.39, 0.29) is 18.3 Å². The van der Waals surface area contributed by atoms with Crippen molar-refractivity contribution in [1.29, 1.82) is 0 Å². The number of halogens is 4. The Hall–Kier alpha value is -3.23. The molecule has 0 radical (unpaired) electrons. The molecule has 2 aromatic carbocycles. The normalized spacial score (nSPS) is 11.4. The van der Waals surface area contributed by atoms with Crippen molar-refractivity contribution >= 4 is 5.97 Å². The monoisotopic (exact) mass is 379 g/mol. The Morgan fingerprint density at radius 3 is 2.26 bits per heavy atom. The van der Waals surface area contributed by atoms with Crippen molar-refractivity contribution in [3.63, 3.8) is 0 Å². The Morgan fingerprint density at radius 1 is 1.07 bits per heavy atom. The van der Waals surface area contributed by atoms with Gasteiger partial charge < -0.3 is 4.74 Å². The molecule has 5 nitrogen and oxygen atoms in total. The van der Waals surface area contributed by atoms with Crippen molar-refractivity contribution in [2.75, 3.05) is 6.61 Å². The van der Waals surface area contributed by atoms with Crippen LogP contribution in [0.1, 0.15) is 23.1 Å². The van der Waals surface area contributed by atoms with Crippen LogP contribution in [0.5, 0.6) is 0 Å². The van der Waals surface area contributed by atoms with Gasteiger partial charge in [0.15, 0.2) is 5.82 Å². The first-order chi connectivity index (χ1) is 12.8. The third-order valence-electron chi connectivity index (χ3n) is 3.61. The molecule has 0 N–H and O–H groups in total. The molecule has 1 heterocycles. The zero-order valence-electron chi connectivity index (χ0n) is 14.0. The summed E-state index contributed by atoms with van der Waals surface area (Å²) in [6.45, 7) is 1.73. The third-order valence-corrected chi connectivity index (χ3v) is 3.61. The molecule has 27 heavy (non-hydrogen) atoms. The molecule has 0 saturated heterocycles. The molecule has 9 heteroatoms.